The molecule has 5 rings (SSSR count). The van der Waals surface area contributed by atoms with Crippen molar-refractivity contribution in [3.05, 3.63) is 28.4 Å². The number of halogens is 2. The largest absolute Gasteiger partial charge is 0.495 e. The number of ether oxygens (including phenoxy) is 2. The van der Waals surface area contributed by atoms with Crippen molar-refractivity contribution in [1.29, 1.82) is 0 Å². The van der Waals surface area contributed by atoms with E-state index in [-0.39, 0.29) is 0 Å². The van der Waals surface area contributed by atoms with Crippen LogP contribution in [0.4, 0.5) is 5.82 Å². The fraction of sp³-hybridized carbons (Fsp3) is 0.435. The number of anilines is 1. The fourth-order valence-electron chi connectivity index (χ4n) is 4.92. The molecule has 1 spiro atoms. The van der Waals surface area contributed by atoms with Crippen molar-refractivity contribution in [1.82, 2.24) is 15.0 Å². The van der Waals surface area contributed by atoms with Crippen LogP contribution in [0.5, 0.6) is 11.5 Å². The molecule has 9 heteroatoms. The summed E-state index contributed by atoms with van der Waals surface area (Å²) < 4.78 is 10.9. The second kappa shape index (κ2) is 8.43. The summed E-state index contributed by atoms with van der Waals surface area (Å²) in [7, 11) is 3.13. The average Bonchev–Trinajstić information content (AvgIpc) is 3.28. The standard InChI is InChI=1S/C23H24Cl2N4O2S/c1-30-15-9-16(31-2)19(25)17(18(15)24)14-8-13-10-26-22(32-3)28-20(13)21(27-14)29-11-23(12-29)6-4-5-7-23/h8-10H,4-7,11-12H2,1-3H3. The maximum atomic E-state index is 6.70. The molecule has 6 nitrogen and oxygen atoms in total. The minimum Gasteiger partial charge on any atom is -0.495 e. The van der Waals surface area contributed by atoms with Gasteiger partial charge < -0.3 is 14.4 Å². The highest BCUT2D eigenvalue weighted by molar-refractivity contribution is 7.98. The van der Waals surface area contributed by atoms with E-state index in [0.29, 0.717) is 38.2 Å². The van der Waals surface area contributed by atoms with Gasteiger partial charge in [0.05, 0.1) is 30.0 Å². The molecule has 0 N–H and O–H groups in total. The van der Waals surface area contributed by atoms with Crippen molar-refractivity contribution < 1.29 is 9.47 Å². The van der Waals surface area contributed by atoms with Crippen molar-refractivity contribution in [3.63, 3.8) is 0 Å². The van der Waals surface area contributed by atoms with E-state index in [2.05, 4.69) is 9.88 Å². The molecule has 168 valence electrons. The minimum absolute atomic E-state index is 0.397. The van der Waals surface area contributed by atoms with E-state index in [1.54, 1.807) is 20.3 Å². The van der Waals surface area contributed by atoms with E-state index < -0.39 is 0 Å². The molecule has 3 heterocycles. The maximum absolute atomic E-state index is 6.70. The Morgan fingerprint density at radius 1 is 1.00 bits per heavy atom. The Morgan fingerprint density at radius 2 is 1.66 bits per heavy atom. The summed E-state index contributed by atoms with van der Waals surface area (Å²) in [6.45, 7) is 2.00. The molecule has 32 heavy (non-hydrogen) atoms. The molecule has 0 radical (unpaired) electrons. The molecular weight excluding hydrogens is 467 g/mol. The molecule has 1 saturated carbocycles. The summed E-state index contributed by atoms with van der Waals surface area (Å²) in [4.78, 5) is 16.6. The van der Waals surface area contributed by atoms with Gasteiger partial charge in [-0.15, -0.1) is 0 Å². The molecule has 1 saturated heterocycles. The monoisotopic (exact) mass is 490 g/mol. The molecular formula is C23H24Cl2N4O2S. The van der Waals surface area contributed by atoms with Crippen LogP contribution in [0, 0.1) is 5.41 Å². The third-order valence-corrected chi connectivity index (χ3v) is 7.87. The van der Waals surface area contributed by atoms with Crippen molar-refractivity contribution in [3.8, 4) is 22.8 Å². The molecule has 0 unspecified atom stereocenters. The lowest BCUT2D eigenvalue weighted by molar-refractivity contribution is 0.221. The van der Waals surface area contributed by atoms with Crippen LogP contribution in [0.25, 0.3) is 22.2 Å². The van der Waals surface area contributed by atoms with E-state index in [0.717, 1.165) is 35.0 Å². The number of pyridine rings is 1. The van der Waals surface area contributed by atoms with Gasteiger partial charge in [0.1, 0.15) is 17.0 Å². The van der Waals surface area contributed by atoms with Gasteiger partial charge in [-0.2, -0.15) is 0 Å². The number of thioether (sulfide) groups is 1. The number of nitrogens with zero attached hydrogens (tertiary/aromatic N) is 4. The van der Waals surface area contributed by atoms with Crippen molar-refractivity contribution in [2.75, 3.05) is 38.5 Å². The first kappa shape index (κ1) is 21.9. The number of benzene rings is 1. The van der Waals surface area contributed by atoms with Crippen molar-refractivity contribution in [2.45, 2.75) is 30.8 Å². The Kier molecular flexibility index (Phi) is 5.76. The lowest BCUT2D eigenvalue weighted by Gasteiger charge is -2.49. The smallest absolute Gasteiger partial charge is 0.187 e. The topological polar surface area (TPSA) is 60.4 Å². The van der Waals surface area contributed by atoms with Gasteiger partial charge >= 0.3 is 0 Å². The summed E-state index contributed by atoms with van der Waals surface area (Å²) in [5.41, 5.74) is 2.50. The van der Waals surface area contributed by atoms with E-state index in [1.807, 2.05) is 18.5 Å². The molecule has 0 bridgehead atoms. The third-order valence-electron chi connectivity index (χ3n) is 6.55. The second-order valence-corrected chi connectivity index (χ2v) is 10.0. The highest BCUT2D eigenvalue weighted by Crippen LogP contribution is 2.49. The number of hydrogen-bond acceptors (Lipinski definition) is 7. The molecule has 0 atom stereocenters. The second-order valence-electron chi connectivity index (χ2n) is 8.47. The number of aromatic nitrogens is 3. The summed E-state index contributed by atoms with van der Waals surface area (Å²) in [5.74, 6) is 1.81. The van der Waals surface area contributed by atoms with E-state index >= 15 is 0 Å². The summed E-state index contributed by atoms with van der Waals surface area (Å²) >= 11 is 14.9. The molecule has 2 aliphatic rings. The number of methoxy groups -OCH3 is 2. The molecule has 2 aromatic heterocycles. The van der Waals surface area contributed by atoms with Crippen LogP contribution < -0.4 is 14.4 Å². The Labute approximate surface area is 201 Å². The molecule has 3 aromatic rings. The van der Waals surface area contributed by atoms with Crippen LogP contribution in [0.15, 0.2) is 23.5 Å². The first-order chi connectivity index (χ1) is 15.5. The summed E-state index contributed by atoms with van der Waals surface area (Å²) in [5, 5.41) is 2.41. The minimum atomic E-state index is 0.397. The van der Waals surface area contributed by atoms with Crippen LogP contribution >= 0.6 is 35.0 Å². The Balaban J connectivity index is 1.69. The molecule has 0 amide bonds. The highest BCUT2D eigenvalue weighted by Gasteiger charge is 2.45. The molecule has 2 fully saturated rings. The van der Waals surface area contributed by atoms with Crippen LogP contribution in [-0.4, -0.2) is 48.5 Å². The van der Waals surface area contributed by atoms with Crippen LogP contribution in [0.1, 0.15) is 25.7 Å². The van der Waals surface area contributed by atoms with Crippen LogP contribution in [-0.2, 0) is 0 Å². The molecule has 1 aromatic carbocycles. The van der Waals surface area contributed by atoms with Gasteiger partial charge in [0.2, 0.25) is 0 Å². The van der Waals surface area contributed by atoms with E-state index in [4.69, 9.17) is 42.6 Å². The lowest BCUT2D eigenvalue weighted by Crippen LogP contribution is -2.55. The predicted octanol–water partition coefficient (Wildman–Crippen LogP) is 6.12. The zero-order chi connectivity index (χ0) is 22.5. The Hall–Kier alpha value is -1.96. The zero-order valence-corrected chi connectivity index (χ0v) is 20.6. The van der Waals surface area contributed by atoms with Gasteiger partial charge in [-0.3, -0.25) is 0 Å². The number of rotatable bonds is 5. The van der Waals surface area contributed by atoms with Gasteiger partial charge in [0.15, 0.2) is 11.0 Å². The van der Waals surface area contributed by atoms with Gasteiger partial charge in [-0.05, 0) is 25.2 Å². The maximum Gasteiger partial charge on any atom is 0.187 e. The van der Waals surface area contributed by atoms with Crippen LogP contribution in [0.3, 0.4) is 0 Å². The number of hydrogen-bond donors (Lipinski definition) is 0. The van der Waals surface area contributed by atoms with E-state index in [1.165, 1.54) is 37.4 Å². The quantitative estimate of drug-likeness (QED) is 0.315. The van der Waals surface area contributed by atoms with Crippen molar-refractivity contribution in [2.24, 2.45) is 5.41 Å². The highest BCUT2D eigenvalue weighted by atomic mass is 35.5. The van der Waals surface area contributed by atoms with Crippen LogP contribution in [0.2, 0.25) is 10.0 Å². The van der Waals surface area contributed by atoms with Gasteiger partial charge in [0.25, 0.3) is 0 Å². The first-order valence-corrected chi connectivity index (χ1v) is 12.5. The van der Waals surface area contributed by atoms with Gasteiger partial charge in [0, 0.05) is 41.7 Å². The van der Waals surface area contributed by atoms with Gasteiger partial charge in [-0.1, -0.05) is 47.8 Å². The summed E-state index contributed by atoms with van der Waals surface area (Å²) in [6.07, 6.45) is 9.02. The number of fused-ring (bicyclic) bond motifs is 1. The predicted molar refractivity (Wildman–Crippen MR) is 131 cm³/mol. The first-order valence-electron chi connectivity index (χ1n) is 10.6. The SMILES string of the molecule is COc1cc(OC)c(Cl)c(-c2cc3cnc(SC)nc3c(N3CC4(CCCC4)C3)n2)c1Cl. The average molecular weight is 491 g/mol. The van der Waals surface area contributed by atoms with Crippen molar-refractivity contribution >= 4 is 51.7 Å². The third kappa shape index (κ3) is 3.55. The summed E-state index contributed by atoms with van der Waals surface area (Å²) in [6, 6.07) is 3.61. The normalized spacial score (nSPS) is 17.1. The van der Waals surface area contributed by atoms with Gasteiger partial charge in [-0.25, -0.2) is 15.0 Å². The van der Waals surface area contributed by atoms with E-state index in [9.17, 15) is 0 Å². The Bertz CT molecular complexity index is 1160. The zero-order valence-electron chi connectivity index (χ0n) is 18.2. The fourth-order valence-corrected chi connectivity index (χ4v) is 5.95. The Morgan fingerprint density at radius 3 is 2.25 bits per heavy atom. The molecule has 1 aliphatic carbocycles. The molecule has 1 aliphatic heterocycles. The lowest BCUT2D eigenvalue weighted by atomic mass is 9.78.